The van der Waals surface area contributed by atoms with Crippen LogP contribution in [0.15, 0.2) is 24.4 Å². The maximum absolute atomic E-state index is 13.1. The molecule has 0 fully saturated rings. The van der Waals surface area contributed by atoms with Gasteiger partial charge >= 0.3 is 0 Å². The van der Waals surface area contributed by atoms with Crippen molar-refractivity contribution in [3.8, 4) is 0 Å². The summed E-state index contributed by atoms with van der Waals surface area (Å²) in [6, 6.07) is 4.54. The first kappa shape index (κ1) is 11.1. The molecule has 0 aliphatic carbocycles. The van der Waals surface area contributed by atoms with Gasteiger partial charge in [0, 0.05) is 29.9 Å². The van der Waals surface area contributed by atoms with Crippen LogP contribution in [0.1, 0.15) is 13.3 Å². The summed E-state index contributed by atoms with van der Waals surface area (Å²) < 4.78 is 13.1. The zero-order valence-electron chi connectivity index (χ0n) is 8.93. The highest BCUT2D eigenvalue weighted by Crippen LogP contribution is 2.29. The van der Waals surface area contributed by atoms with Gasteiger partial charge < -0.3 is 5.32 Å². The molecule has 1 heterocycles. The summed E-state index contributed by atoms with van der Waals surface area (Å²) in [5.41, 5.74) is 1.47. The van der Waals surface area contributed by atoms with E-state index in [0.29, 0.717) is 10.5 Å². The summed E-state index contributed by atoms with van der Waals surface area (Å²) in [5, 5.41) is 4.42. The van der Waals surface area contributed by atoms with Crippen LogP contribution in [0.2, 0.25) is 5.02 Å². The number of benzene rings is 1. The van der Waals surface area contributed by atoms with Crippen LogP contribution in [0.4, 0.5) is 10.1 Å². The van der Waals surface area contributed by atoms with E-state index in [4.69, 9.17) is 11.6 Å². The molecule has 0 aliphatic rings. The number of fused-ring (bicyclic) bond motifs is 1. The normalized spacial score (nSPS) is 10.7. The Morgan fingerprint density at radius 1 is 1.44 bits per heavy atom. The molecule has 0 radical (unpaired) electrons. The summed E-state index contributed by atoms with van der Waals surface area (Å²) in [6.07, 6.45) is 2.67. The minimum Gasteiger partial charge on any atom is -0.384 e. The third-order valence-corrected chi connectivity index (χ3v) is 2.62. The lowest BCUT2D eigenvalue weighted by atomic mass is 10.2. The van der Waals surface area contributed by atoms with E-state index in [1.54, 1.807) is 6.20 Å². The molecule has 1 aromatic heterocycles. The Morgan fingerprint density at radius 2 is 2.25 bits per heavy atom. The van der Waals surface area contributed by atoms with Crippen LogP contribution in [0.3, 0.4) is 0 Å². The van der Waals surface area contributed by atoms with Gasteiger partial charge in [-0.1, -0.05) is 18.5 Å². The monoisotopic (exact) mass is 238 g/mol. The van der Waals surface area contributed by atoms with Crippen molar-refractivity contribution in [2.24, 2.45) is 0 Å². The van der Waals surface area contributed by atoms with Gasteiger partial charge in [0.1, 0.15) is 5.82 Å². The number of anilines is 1. The number of nitrogens with one attached hydrogen (secondary N) is 1. The molecule has 2 nitrogen and oxygen atoms in total. The fourth-order valence-electron chi connectivity index (χ4n) is 1.61. The second kappa shape index (κ2) is 4.66. The van der Waals surface area contributed by atoms with Crippen LogP contribution in [-0.4, -0.2) is 11.5 Å². The Kier molecular flexibility index (Phi) is 3.25. The molecule has 2 aromatic rings. The molecule has 84 valence electrons. The molecule has 2 rings (SSSR count). The van der Waals surface area contributed by atoms with Crippen LogP contribution in [-0.2, 0) is 0 Å². The first-order chi connectivity index (χ1) is 7.72. The number of hydrogen-bond donors (Lipinski definition) is 1. The van der Waals surface area contributed by atoms with Gasteiger partial charge in [0.25, 0.3) is 0 Å². The summed E-state index contributed by atoms with van der Waals surface area (Å²) in [5.74, 6) is -0.363. The third kappa shape index (κ3) is 2.09. The van der Waals surface area contributed by atoms with E-state index in [0.717, 1.165) is 24.0 Å². The van der Waals surface area contributed by atoms with E-state index in [9.17, 15) is 4.39 Å². The van der Waals surface area contributed by atoms with Crippen molar-refractivity contribution in [3.63, 3.8) is 0 Å². The Labute approximate surface area is 98.4 Å². The van der Waals surface area contributed by atoms with Crippen molar-refractivity contribution in [1.29, 1.82) is 0 Å². The smallest absolute Gasteiger partial charge is 0.126 e. The van der Waals surface area contributed by atoms with Gasteiger partial charge in [-0.05, 0) is 18.6 Å². The van der Waals surface area contributed by atoms with Gasteiger partial charge in [0.2, 0.25) is 0 Å². The van der Waals surface area contributed by atoms with Crippen molar-refractivity contribution >= 4 is 28.2 Å². The number of nitrogens with zero attached hydrogens (tertiary/aromatic N) is 1. The van der Waals surface area contributed by atoms with Gasteiger partial charge in [-0.3, -0.25) is 4.98 Å². The zero-order valence-corrected chi connectivity index (χ0v) is 9.68. The van der Waals surface area contributed by atoms with Crippen molar-refractivity contribution in [2.75, 3.05) is 11.9 Å². The van der Waals surface area contributed by atoms with Crippen molar-refractivity contribution in [3.05, 3.63) is 35.2 Å². The predicted octanol–water partition coefficient (Wildman–Crippen LogP) is 3.85. The van der Waals surface area contributed by atoms with Crippen LogP contribution < -0.4 is 5.32 Å². The standard InChI is InChI=1S/C12H12ClFN2/c1-2-4-15-10-3-5-16-11-7-8(14)6-9(13)12(10)11/h3,5-7H,2,4H2,1H3,(H,15,16). The molecule has 0 spiro atoms. The summed E-state index contributed by atoms with van der Waals surface area (Å²) >= 11 is 6.03. The van der Waals surface area contributed by atoms with E-state index in [1.807, 2.05) is 6.07 Å². The second-order valence-corrected chi connectivity index (χ2v) is 3.97. The maximum Gasteiger partial charge on any atom is 0.126 e. The molecule has 0 bridgehead atoms. The van der Waals surface area contributed by atoms with Crippen LogP contribution in [0.5, 0.6) is 0 Å². The van der Waals surface area contributed by atoms with Gasteiger partial charge in [-0.2, -0.15) is 0 Å². The summed E-state index contributed by atoms with van der Waals surface area (Å²) in [7, 11) is 0. The first-order valence-electron chi connectivity index (χ1n) is 5.20. The quantitative estimate of drug-likeness (QED) is 0.879. The zero-order chi connectivity index (χ0) is 11.5. The lowest BCUT2D eigenvalue weighted by Gasteiger charge is -2.09. The molecular formula is C12H12ClFN2. The highest BCUT2D eigenvalue weighted by atomic mass is 35.5. The number of rotatable bonds is 3. The van der Waals surface area contributed by atoms with Gasteiger partial charge in [-0.25, -0.2) is 4.39 Å². The number of pyridine rings is 1. The van der Waals surface area contributed by atoms with Crippen LogP contribution in [0, 0.1) is 5.82 Å². The van der Waals surface area contributed by atoms with Gasteiger partial charge in [0.05, 0.1) is 10.5 Å². The predicted molar refractivity (Wildman–Crippen MR) is 65.5 cm³/mol. The lowest BCUT2D eigenvalue weighted by Crippen LogP contribution is -2.01. The molecule has 4 heteroatoms. The Hall–Kier alpha value is -1.35. The molecule has 1 N–H and O–H groups in total. The van der Waals surface area contributed by atoms with Crippen molar-refractivity contribution in [1.82, 2.24) is 4.98 Å². The van der Waals surface area contributed by atoms with E-state index < -0.39 is 0 Å². The largest absolute Gasteiger partial charge is 0.384 e. The Morgan fingerprint density at radius 3 is 3.00 bits per heavy atom. The second-order valence-electron chi connectivity index (χ2n) is 3.57. The topological polar surface area (TPSA) is 24.9 Å². The molecular weight excluding hydrogens is 227 g/mol. The SMILES string of the molecule is CCCNc1ccnc2cc(F)cc(Cl)c12. The van der Waals surface area contributed by atoms with Gasteiger partial charge in [-0.15, -0.1) is 0 Å². The average molecular weight is 239 g/mol. The molecule has 0 saturated carbocycles. The minimum atomic E-state index is -0.363. The molecule has 1 aromatic carbocycles. The van der Waals surface area contributed by atoms with E-state index in [-0.39, 0.29) is 5.82 Å². The number of halogens is 2. The Balaban J connectivity index is 2.57. The third-order valence-electron chi connectivity index (χ3n) is 2.32. The maximum atomic E-state index is 13.1. The first-order valence-corrected chi connectivity index (χ1v) is 5.58. The van der Waals surface area contributed by atoms with E-state index >= 15 is 0 Å². The molecule has 0 aliphatic heterocycles. The minimum absolute atomic E-state index is 0.363. The van der Waals surface area contributed by atoms with Crippen LogP contribution >= 0.6 is 11.6 Å². The fraction of sp³-hybridized carbons (Fsp3) is 0.250. The molecule has 0 amide bonds. The van der Waals surface area contributed by atoms with Gasteiger partial charge in [0.15, 0.2) is 0 Å². The number of hydrogen-bond acceptors (Lipinski definition) is 2. The molecule has 0 unspecified atom stereocenters. The highest BCUT2D eigenvalue weighted by molar-refractivity contribution is 6.36. The summed E-state index contributed by atoms with van der Waals surface area (Å²) in [6.45, 7) is 2.93. The van der Waals surface area contributed by atoms with E-state index in [2.05, 4.69) is 17.2 Å². The molecule has 0 saturated heterocycles. The fourth-order valence-corrected chi connectivity index (χ4v) is 1.91. The number of aromatic nitrogens is 1. The molecule has 0 atom stereocenters. The van der Waals surface area contributed by atoms with Crippen molar-refractivity contribution in [2.45, 2.75) is 13.3 Å². The summed E-state index contributed by atoms with van der Waals surface area (Å²) in [4.78, 5) is 4.11. The Bertz CT molecular complexity index is 514. The van der Waals surface area contributed by atoms with Crippen molar-refractivity contribution < 1.29 is 4.39 Å². The average Bonchev–Trinajstić information content (AvgIpc) is 2.25. The molecule has 16 heavy (non-hydrogen) atoms. The highest BCUT2D eigenvalue weighted by Gasteiger charge is 2.07. The van der Waals surface area contributed by atoms with E-state index in [1.165, 1.54) is 12.1 Å². The lowest BCUT2D eigenvalue weighted by molar-refractivity contribution is 0.629. The van der Waals surface area contributed by atoms with Crippen LogP contribution in [0.25, 0.3) is 10.9 Å².